The van der Waals surface area contributed by atoms with Crippen LogP contribution in [-0.2, 0) is 0 Å². The van der Waals surface area contributed by atoms with Crippen LogP contribution in [0.5, 0.6) is 0 Å². The largest absolute Gasteiger partial charge is 0.366 e. The Morgan fingerprint density at radius 1 is 1.16 bits per heavy atom. The number of piperidine rings is 1. The van der Waals surface area contributed by atoms with Crippen LogP contribution in [0.1, 0.15) is 57.6 Å². The van der Waals surface area contributed by atoms with Crippen molar-refractivity contribution < 1.29 is 0 Å². The quantitative estimate of drug-likeness (QED) is 0.866. The Labute approximate surface area is 117 Å². The summed E-state index contributed by atoms with van der Waals surface area (Å²) in [5.74, 6) is 0. The van der Waals surface area contributed by atoms with Gasteiger partial charge in [-0.05, 0) is 64.1 Å². The molecule has 0 bridgehead atoms. The zero-order valence-electron chi connectivity index (χ0n) is 12.3. The molecule has 0 radical (unpaired) electrons. The van der Waals surface area contributed by atoms with E-state index in [-0.39, 0.29) is 0 Å². The van der Waals surface area contributed by atoms with Gasteiger partial charge in [-0.2, -0.15) is 0 Å². The molecule has 2 nitrogen and oxygen atoms in total. The summed E-state index contributed by atoms with van der Waals surface area (Å²) in [6.45, 7) is 7.16. The molecular formula is C17H26N2. The Hall–Kier alpha value is -1.02. The summed E-state index contributed by atoms with van der Waals surface area (Å²) in [6, 6.07) is 9.59. The first kappa shape index (κ1) is 13.0. The van der Waals surface area contributed by atoms with Gasteiger partial charge in [0.1, 0.15) is 0 Å². The van der Waals surface area contributed by atoms with Crippen molar-refractivity contribution in [1.29, 1.82) is 0 Å². The fourth-order valence-corrected chi connectivity index (χ4v) is 3.69. The van der Waals surface area contributed by atoms with Gasteiger partial charge in [-0.3, -0.25) is 0 Å². The first-order chi connectivity index (χ1) is 9.18. The average molecular weight is 258 g/mol. The molecular weight excluding hydrogens is 232 g/mol. The summed E-state index contributed by atoms with van der Waals surface area (Å²) in [7, 11) is 0. The molecule has 1 atom stereocenters. The number of nitrogens with zero attached hydrogens (tertiary/aromatic N) is 1. The lowest BCUT2D eigenvalue weighted by molar-refractivity contribution is 0.360. The maximum absolute atomic E-state index is 3.65. The molecule has 2 heteroatoms. The number of rotatable bonds is 2. The minimum Gasteiger partial charge on any atom is -0.366 e. The van der Waals surface area contributed by atoms with Crippen LogP contribution in [0.4, 0.5) is 5.69 Å². The Morgan fingerprint density at radius 2 is 2.00 bits per heavy atom. The van der Waals surface area contributed by atoms with Gasteiger partial charge < -0.3 is 10.2 Å². The molecule has 1 aromatic carbocycles. The third-order valence-corrected chi connectivity index (χ3v) is 4.81. The summed E-state index contributed by atoms with van der Waals surface area (Å²) in [5.41, 5.74) is 3.27. The summed E-state index contributed by atoms with van der Waals surface area (Å²) < 4.78 is 0. The molecule has 19 heavy (non-hydrogen) atoms. The Bertz CT molecular complexity index is 433. The number of anilines is 1. The van der Waals surface area contributed by atoms with E-state index < -0.39 is 0 Å². The van der Waals surface area contributed by atoms with Gasteiger partial charge in [0, 0.05) is 23.8 Å². The molecule has 2 heterocycles. The zero-order valence-corrected chi connectivity index (χ0v) is 12.3. The molecule has 1 unspecified atom stereocenters. The standard InChI is InChI=1S/C17H26N2/c1-17(2)11-5-6-13-19(17)16-10-4-3-8-14(16)15-9-7-12-18-15/h3-4,8,10,15,18H,5-7,9,11-13H2,1-2H3. The van der Waals surface area contributed by atoms with Crippen LogP contribution in [0.25, 0.3) is 0 Å². The summed E-state index contributed by atoms with van der Waals surface area (Å²) in [5, 5.41) is 3.65. The van der Waals surface area contributed by atoms with Gasteiger partial charge in [0.2, 0.25) is 0 Å². The molecule has 1 N–H and O–H groups in total. The summed E-state index contributed by atoms with van der Waals surface area (Å²) in [6.07, 6.45) is 6.59. The monoisotopic (exact) mass is 258 g/mol. The minimum absolute atomic E-state index is 0.299. The van der Waals surface area contributed by atoms with Crippen LogP contribution in [-0.4, -0.2) is 18.6 Å². The molecule has 0 spiro atoms. The molecule has 2 aliphatic rings. The van der Waals surface area contributed by atoms with Gasteiger partial charge >= 0.3 is 0 Å². The van der Waals surface area contributed by atoms with E-state index in [1.165, 1.54) is 56.4 Å². The number of hydrogen-bond donors (Lipinski definition) is 1. The van der Waals surface area contributed by atoms with E-state index in [0.29, 0.717) is 11.6 Å². The average Bonchev–Trinajstić information content (AvgIpc) is 2.92. The minimum atomic E-state index is 0.299. The van der Waals surface area contributed by atoms with E-state index in [2.05, 4.69) is 48.3 Å². The van der Waals surface area contributed by atoms with Gasteiger partial charge in [-0.25, -0.2) is 0 Å². The first-order valence-corrected chi connectivity index (χ1v) is 7.78. The molecule has 2 aliphatic heterocycles. The van der Waals surface area contributed by atoms with Crippen molar-refractivity contribution in [3.8, 4) is 0 Å². The van der Waals surface area contributed by atoms with Crippen LogP contribution in [0.2, 0.25) is 0 Å². The molecule has 0 saturated carbocycles. The summed E-state index contributed by atoms with van der Waals surface area (Å²) >= 11 is 0. The summed E-state index contributed by atoms with van der Waals surface area (Å²) in [4.78, 5) is 2.64. The fraction of sp³-hybridized carbons (Fsp3) is 0.647. The predicted octanol–water partition coefficient (Wildman–Crippen LogP) is 3.88. The Balaban J connectivity index is 1.95. The molecule has 3 rings (SSSR count). The second kappa shape index (κ2) is 5.16. The Kier molecular flexibility index (Phi) is 3.53. The van der Waals surface area contributed by atoms with Gasteiger partial charge in [0.15, 0.2) is 0 Å². The molecule has 2 fully saturated rings. The normalized spacial score (nSPS) is 26.6. The highest BCUT2D eigenvalue weighted by Crippen LogP contribution is 2.38. The predicted molar refractivity (Wildman–Crippen MR) is 81.7 cm³/mol. The molecule has 0 aliphatic carbocycles. The molecule has 0 amide bonds. The highest BCUT2D eigenvalue weighted by atomic mass is 15.2. The van der Waals surface area contributed by atoms with Gasteiger partial charge in [0.05, 0.1) is 0 Å². The Morgan fingerprint density at radius 3 is 2.74 bits per heavy atom. The van der Waals surface area contributed by atoms with Crippen molar-refractivity contribution >= 4 is 5.69 Å². The lowest BCUT2D eigenvalue weighted by Gasteiger charge is -2.45. The van der Waals surface area contributed by atoms with E-state index in [4.69, 9.17) is 0 Å². The van der Waals surface area contributed by atoms with Crippen LogP contribution in [0.15, 0.2) is 24.3 Å². The van der Waals surface area contributed by atoms with E-state index in [0.717, 1.165) is 0 Å². The second-order valence-corrected chi connectivity index (χ2v) is 6.63. The molecule has 0 aromatic heterocycles. The van der Waals surface area contributed by atoms with Crippen molar-refractivity contribution in [2.45, 2.75) is 57.5 Å². The smallest absolute Gasteiger partial charge is 0.0419 e. The maximum Gasteiger partial charge on any atom is 0.0419 e. The number of para-hydroxylation sites is 1. The lowest BCUT2D eigenvalue weighted by Crippen LogP contribution is -2.48. The highest BCUT2D eigenvalue weighted by Gasteiger charge is 2.32. The topological polar surface area (TPSA) is 15.3 Å². The molecule has 2 saturated heterocycles. The zero-order chi connectivity index (χ0) is 13.3. The lowest BCUT2D eigenvalue weighted by atomic mass is 9.88. The van der Waals surface area contributed by atoms with Gasteiger partial charge in [-0.1, -0.05) is 18.2 Å². The highest BCUT2D eigenvalue weighted by molar-refractivity contribution is 5.57. The van der Waals surface area contributed by atoms with E-state index in [1.807, 2.05) is 0 Å². The van der Waals surface area contributed by atoms with Crippen molar-refractivity contribution in [3.05, 3.63) is 29.8 Å². The van der Waals surface area contributed by atoms with Crippen molar-refractivity contribution in [1.82, 2.24) is 5.32 Å². The van der Waals surface area contributed by atoms with E-state index in [9.17, 15) is 0 Å². The van der Waals surface area contributed by atoms with Gasteiger partial charge in [-0.15, -0.1) is 0 Å². The maximum atomic E-state index is 3.65. The molecule has 104 valence electrons. The van der Waals surface area contributed by atoms with Crippen LogP contribution < -0.4 is 10.2 Å². The second-order valence-electron chi connectivity index (χ2n) is 6.63. The van der Waals surface area contributed by atoms with E-state index in [1.54, 1.807) is 0 Å². The first-order valence-electron chi connectivity index (χ1n) is 7.78. The van der Waals surface area contributed by atoms with Gasteiger partial charge in [0.25, 0.3) is 0 Å². The third-order valence-electron chi connectivity index (χ3n) is 4.81. The third kappa shape index (κ3) is 2.51. The fourth-order valence-electron chi connectivity index (χ4n) is 3.69. The number of hydrogen-bond acceptors (Lipinski definition) is 2. The van der Waals surface area contributed by atoms with Crippen LogP contribution >= 0.6 is 0 Å². The van der Waals surface area contributed by atoms with Crippen LogP contribution in [0.3, 0.4) is 0 Å². The van der Waals surface area contributed by atoms with Crippen molar-refractivity contribution in [3.63, 3.8) is 0 Å². The van der Waals surface area contributed by atoms with Crippen molar-refractivity contribution in [2.75, 3.05) is 18.0 Å². The molecule has 1 aromatic rings. The van der Waals surface area contributed by atoms with E-state index >= 15 is 0 Å². The number of nitrogens with one attached hydrogen (secondary N) is 1. The number of benzene rings is 1. The van der Waals surface area contributed by atoms with Crippen molar-refractivity contribution in [2.24, 2.45) is 0 Å². The van der Waals surface area contributed by atoms with Crippen LogP contribution in [0, 0.1) is 0 Å². The SMILES string of the molecule is CC1(C)CCCCN1c1ccccc1C1CCCN1.